The third kappa shape index (κ3) is 3.57. The Morgan fingerprint density at radius 1 is 0.771 bits per heavy atom. The monoisotopic (exact) mass is 474 g/mol. The zero-order valence-electron chi connectivity index (χ0n) is 19.9. The SMILES string of the molecule is COc1ccc(C2C3C(=O)N(c4cccc(C)c4)C(=O)C3ON2c2ccccc2)c(OC)c1OC. The maximum Gasteiger partial charge on any atom is 0.266 e. The van der Waals surface area contributed by atoms with Gasteiger partial charge in [0.05, 0.1) is 32.7 Å². The van der Waals surface area contributed by atoms with Crippen LogP contribution in [0, 0.1) is 12.8 Å². The molecule has 0 N–H and O–H groups in total. The van der Waals surface area contributed by atoms with Crippen LogP contribution in [0.2, 0.25) is 0 Å². The van der Waals surface area contributed by atoms with Gasteiger partial charge in [0.15, 0.2) is 17.6 Å². The van der Waals surface area contributed by atoms with Crippen molar-refractivity contribution in [3.63, 3.8) is 0 Å². The number of benzene rings is 3. The summed E-state index contributed by atoms with van der Waals surface area (Å²) in [5.41, 5.74) is 2.84. The van der Waals surface area contributed by atoms with Gasteiger partial charge in [-0.05, 0) is 48.9 Å². The molecule has 0 aromatic heterocycles. The maximum atomic E-state index is 13.8. The molecule has 0 bridgehead atoms. The molecule has 35 heavy (non-hydrogen) atoms. The molecule has 2 aliphatic heterocycles. The highest BCUT2D eigenvalue weighted by Gasteiger charge is 2.61. The predicted molar refractivity (Wildman–Crippen MR) is 130 cm³/mol. The average Bonchev–Trinajstić information content (AvgIpc) is 3.39. The number of carbonyl (C=O) groups excluding carboxylic acids is 2. The molecule has 3 aromatic carbocycles. The van der Waals surface area contributed by atoms with E-state index in [2.05, 4.69) is 0 Å². The van der Waals surface area contributed by atoms with Gasteiger partial charge in [-0.2, -0.15) is 0 Å². The molecule has 3 unspecified atom stereocenters. The Kier molecular flexibility index (Phi) is 5.82. The van der Waals surface area contributed by atoms with Gasteiger partial charge >= 0.3 is 0 Å². The van der Waals surface area contributed by atoms with Crippen molar-refractivity contribution < 1.29 is 28.6 Å². The number of aryl methyl sites for hydroxylation is 1. The molecule has 2 aliphatic rings. The van der Waals surface area contributed by atoms with Crippen molar-refractivity contribution in [3.8, 4) is 17.2 Å². The summed E-state index contributed by atoms with van der Waals surface area (Å²) in [6, 6.07) is 19.6. The van der Waals surface area contributed by atoms with Crippen molar-refractivity contribution in [2.24, 2.45) is 5.92 Å². The normalized spacial score (nSPS) is 21.3. The van der Waals surface area contributed by atoms with E-state index in [1.54, 1.807) is 24.3 Å². The number of rotatable bonds is 6. The van der Waals surface area contributed by atoms with Crippen LogP contribution in [0.3, 0.4) is 0 Å². The Morgan fingerprint density at radius 3 is 2.14 bits per heavy atom. The fourth-order valence-electron chi connectivity index (χ4n) is 4.91. The van der Waals surface area contributed by atoms with Gasteiger partial charge in [-0.15, -0.1) is 0 Å². The third-order valence-electron chi connectivity index (χ3n) is 6.44. The van der Waals surface area contributed by atoms with E-state index in [9.17, 15) is 9.59 Å². The molecule has 2 fully saturated rings. The van der Waals surface area contributed by atoms with Gasteiger partial charge < -0.3 is 14.2 Å². The number of hydroxylamine groups is 1. The molecule has 0 spiro atoms. The first kappa shape index (κ1) is 22.7. The van der Waals surface area contributed by atoms with E-state index in [0.717, 1.165) is 5.56 Å². The lowest BCUT2D eigenvalue weighted by Gasteiger charge is -2.30. The smallest absolute Gasteiger partial charge is 0.266 e. The number of nitrogens with zero attached hydrogens (tertiary/aromatic N) is 2. The first-order valence-electron chi connectivity index (χ1n) is 11.2. The zero-order chi connectivity index (χ0) is 24.7. The quantitative estimate of drug-likeness (QED) is 0.499. The van der Waals surface area contributed by atoms with Crippen molar-refractivity contribution >= 4 is 23.2 Å². The zero-order valence-corrected chi connectivity index (χ0v) is 19.9. The van der Waals surface area contributed by atoms with E-state index in [0.29, 0.717) is 34.2 Å². The second kappa shape index (κ2) is 8.96. The molecule has 2 heterocycles. The second-order valence-electron chi connectivity index (χ2n) is 8.43. The van der Waals surface area contributed by atoms with E-state index in [-0.39, 0.29) is 5.91 Å². The average molecular weight is 475 g/mol. The maximum absolute atomic E-state index is 13.8. The Labute approximate surface area is 203 Å². The highest BCUT2D eigenvalue weighted by molar-refractivity contribution is 6.24. The van der Waals surface area contributed by atoms with Crippen molar-refractivity contribution in [1.29, 1.82) is 0 Å². The summed E-state index contributed by atoms with van der Waals surface area (Å²) in [4.78, 5) is 34.8. The Morgan fingerprint density at radius 2 is 1.49 bits per heavy atom. The number of imide groups is 1. The molecule has 0 radical (unpaired) electrons. The van der Waals surface area contributed by atoms with E-state index >= 15 is 0 Å². The molecule has 0 saturated carbocycles. The Balaban J connectivity index is 1.66. The van der Waals surface area contributed by atoms with Crippen molar-refractivity contribution in [2.75, 3.05) is 31.3 Å². The summed E-state index contributed by atoms with van der Waals surface area (Å²) in [6.45, 7) is 1.92. The molecule has 2 amide bonds. The molecular formula is C27H26N2O6. The Hall–Kier alpha value is -4.04. The fourth-order valence-corrected chi connectivity index (χ4v) is 4.91. The van der Waals surface area contributed by atoms with Gasteiger partial charge in [-0.3, -0.25) is 14.4 Å². The highest BCUT2D eigenvalue weighted by Crippen LogP contribution is 2.52. The molecule has 5 rings (SSSR count). The van der Waals surface area contributed by atoms with Gasteiger partial charge in [-0.1, -0.05) is 30.3 Å². The minimum Gasteiger partial charge on any atom is -0.493 e. The van der Waals surface area contributed by atoms with Gasteiger partial charge in [-0.25, -0.2) is 9.96 Å². The van der Waals surface area contributed by atoms with Crippen LogP contribution < -0.4 is 24.2 Å². The Bertz CT molecular complexity index is 1280. The lowest BCUT2D eigenvalue weighted by atomic mass is 9.89. The van der Waals surface area contributed by atoms with Crippen molar-refractivity contribution in [3.05, 3.63) is 77.9 Å². The van der Waals surface area contributed by atoms with Crippen LogP contribution in [-0.4, -0.2) is 39.2 Å². The molecule has 0 aliphatic carbocycles. The first-order valence-corrected chi connectivity index (χ1v) is 11.2. The number of carbonyl (C=O) groups is 2. The van der Waals surface area contributed by atoms with Crippen molar-refractivity contribution in [2.45, 2.75) is 19.1 Å². The van der Waals surface area contributed by atoms with E-state index < -0.39 is 24.0 Å². The topological polar surface area (TPSA) is 77.5 Å². The van der Waals surface area contributed by atoms with Crippen LogP contribution in [0.25, 0.3) is 0 Å². The van der Waals surface area contributed by atoms with Crippen LogP contribution >= 0.6 is 0 Å². The van der Waals surface area contributed by atoms with Crippen LogP contribution in [0.4, 0.5) is 11.4 Å². The predicted octanol–water partition coefficient (Wildman–Crippen LogP) is 4.07. The number of hydrogen-bond donors (Lipinski definition) is 0. The van der Waals surface area contributed by atoms with Gasteiger partial charge in [0.2, 0.25) is 11.7 Å². The molecule has 8 heteroatoms. The molecule has 180 valence electrons. The van der Waals surface area contributed by atoms with Crippen molar-refractivity contribution in [1.82, 2.24) is 0 Å². The van der Waals surface area contributed by atoms with Crippen LogP contribution in [0.5, 0.6) is 17.2 Å². The van der Waals surface area contributed by atoms with Gasteiger partial charge in [0, 0.05) is 5.56 Å². The van der Waals surface area contributed by atoms with E-state index in [1.807, 2.05) is 61.5 Å². The lowest BCUT2D eigenvalue weighted by molar-refractivity contribution is -0.126. The molecule has 8 nitrogen and oxygen atoms in total. The minimum atomic E-state index is -0.981. The number of para-hydroxylation sites is 1. The number of amides is 2. The summed E-state index contributed by atoms with van der Waals surface area (Å²) < 4.78 is 16.8. The third-order valence-corrected chi connectivity index (χ3v) is 6.44. The summed E-state index contributed by atoms with van der Waals surface area (Å²) in [7, 11) is 4.60. The number of anilines is 2. The summed E-state index contributed by atoms with van der Waals surface area (Å²) in [6.07, 6.45) is -0.981. The first-order chi connectivity index (χ1) is 17.0. The fraction of sp³-hybridized carbons (Fsp3) is 0.259. The number of fused-ring (bicyclic) bond motifs is 1. The molecular weight excluding hydrogens is 448 g/mol. The number of hydrogen-bond acceptors (Lipinski definition) is 7. The summed E-state index contributed by atoms with van der Waals surface area (Å²) >= 11 is 0. The largest absolute Gasteiger partial charge is 0.493 e. The van der Waals surface area contributed by atoms with Gasteiger partial charge in [0.1, 0.15) is 12.0 Å². The number of ether oxygens (including phenoxy) is 3. The molecule has 3 aromatic rings. The van der Waals surface area contributed by atoms with E-state index in [1.165, 1.54) is 19.1 Å². The lowest BCUT2D eigenvalue weighted by Crippen LogP contribution is -2.37. The van der Waals surface area contributed by atoms with E-state index in [4.69, 9.17) is 19.0 Å². The van der Waals surface area contributed by atoms with Crippen LogP contribution in [0.15, 0.2) is 66.7 Å². The van der Waals surface area contributed by atoms with Crippen LogP contribution in [0.1, 0.15) is 17.2 Å². The standard InChI is InChI=1S/C27H26N2O6/c1-16-9-8-12-18(15-16)28-26(30)21-22(19-13-14-20(32-2)24(34-4)23(19)33-3)29(35-25(21)27(28)31)17-10-6-5-7-11-17/h5-15,21-22,25H,1-4H3. The summed E-state index contributed by atoms with van der Waals surface area (Å²) in [5.74, 6) is -0.216. The summed E-state index contributed by atoms with van der Waals surface area (Å²) in [5, 5.41) is 1.63. The molecule has 3 atom stereocenters. The molecule has 2 saturated heterocycles. The van der Waals surface area contributed by atoms with Gasteiger partial charge in [0.25, 0.3) is 5.91 Å². The second-order valence-corrected chi connectivity index (χ2v) is 8.43. The highest BCUT2D eigenvalue weighted by atomic mass is 16.7. The minimum absolute atomic E-state index is 0.328. The number of methoxy groups -OCH3 is 3. The van der Waals surface area contributed by atoms with Crippen LogP contribution in [-0.2, 0) is 14.4 Å².